The minimum atomic E-state index is 0.595. The molecule has 0 N–H and O–H groups in total. The molecular weight excluding hydrogens is 571 g/mol. The van der Waals surface area contributed by atoms with Crippen LogP contribution in [0.5, 0.6) is 0 Å². The fourth-order valence-electron chi connectivity index (χ4n) is 7.49. The third-order valence-corrected chi connectivity index (χ3v) is 9.36. The van der Waals surface area contributed by atoms with Crippen molar-refractivity contribution in [2.45, 2.75) is 0 Å². The number of hydrogen-bond acceptors (Lipinski definition) is 1. The number of para-hydroxylation sites is 1. The lowest BCUT2D eigenvalue weighted by atomic mass is 9.89. The molecule has 0 aliphatic rings. The number of hydrogen-bond donors (Lipinski definition) is 0. The average molecular weight is 596 g/mol. The molecule has 0 saturated heterocycles. The third-order valence-electron chi connectivity index (χ3n) is 9.36. The van der Waals surface area contributed by atoms with Crippen molar-refractivity contribution in [1.82, 2.24) is 4.40 Å². The van der Waals surface area contributed by atoms with E-state index in [1.54, 1.807) is 0 Å². The first-order valence-electron chi connectivity index (χ1n) is 15.6. The zero-order valence-electron chi connectivity index (χ0n) is 25.3. The monoisotopic (exact) mass is 595 g/mol. The quantitative estimate of drug-likeness (QED) is 0.186. The van der Waals surface area contributed by atoms with E-state index in [0.29, 0.717) is 11.3 Å². The van der Waals surface area contributed by atoms with Gasteiger partial charge in [-0.1, -0.05) is 140 Å². The van der Waals surface area contributed by atoms with Gasteiger partial charge in [-0.25, -0.2) is 4.85 Å². The summed E-state index contributed by atoms with van der Waals surface area (Å²) in [6, 6.07) is 54.4. The van der Waals surface area contributed by atoms with Crippen LogP contribution in [0.25, 0.3) is 87.4 Å². The molecule has 9 aromatic rings. The Balaban J connectivity index is 1.64. The fourth-order valence-corrected chi connectivity index (χ4v) is 7.49. The first kappa shape index (κ1) is 26.7. The lowest BCUT2D eigenvalue weighted by Crippen LogP contribution is -1.95. The van der Waals surface area contributed by atoms with Crippen LogP contribution in [0.4, 0.5) is 5.69 Å². The van der Waals surface area contributed by atoms with Gasteiger partial charge in [0.1, 0.15) is 0 Å². The summed E-state index contributed by atoms with van der Waals surface area (Å²) in [5.74, 6) is 0. The Hall–Kier alpha value is -6.68. The maximum Gasteiger partial charge on any atom is 0.197 e. The van der Waals surface area contributed by atoms with E-state index in [1.807, 2.05) is 60.7 Å². The Labute approximate surface area is 272 Å². The minimum Gasteiger partial charge on any atom is -0.308 e. The maximum atomic E-state index is 10.8. The Morgan fingerprint density at radius 2 is 0.936 bits per heavy atom. The smallest absolute Gasteiger partial charge is 0.197 e. The van der Waals surface area contributed by atoms with E-state index < -0.39 is 0 Å². The van der Waals surface area contributed by atoms with Gasteiger partial charge in [0.25, 0.3) is 0 Å². The van der Waals surface area contributed by atoms with Gasteiger partial charge in [0.15, 0.2) is 5.69 Å². The Morgan fingerprint density at radius 1 is 0.489 bits per heavy atom. The molecule has 0 atom stereocenters. The van der Waals surface area contributed by atoms with E-state index in [9.17, 15) is 5.26 Å². The maximum absolute atomic E-state index is 10.8. The van der Waals surface area contributed by atoms with Crippen LogP contribution in [0, 0.1) is 17.9 Å². The van der Waals surface area contributed by atoms with Crippen molar-refractivity contribution in [2.75, 3.05) is 0 Å². The second kappa shape index (κ2) is 10.5. The van der Waals surface area contributed by atoms with Crippen LogP contribution in [-0.4, -0.2) is 4.40 Å². The van der Waals surface area contributed by atoms with Crippen molar-refractivity contribution in [1.29, 1.82) is 5.26 Å². The van der Waals surface area contributed by atoms with E-state index in [0.717, 1.165) is 82.6 Å². The van der Waals surface area contributed by atoms with Gasteiger partial charge in [0, 0.05) is 32.7 Å². The molecule has 0 aliphatic heterocycles. The van der Waals surface area contributed by atoms with Gasteiger partial charge in [-0.2, -0.15) is 5.26 Å². The predicted molar refractivity (Wildman–Crippen MR) is 194 cm³/mol. The topological polar surface area (TPSA) is 32.6 Å². The molecule has 0 spiro atoms. The molecule has 0 aliphatic carbocycles. The van der Waals surface area contributed by atoms with Gasteiger partial charge in [-0.15, -0.1) is 0 Å². The van der Waals surface area contributed by atoms with E-state index in [4.69, 9.17) is 6.57 Å². The highest BCUT2D eigenvalue weighted by Crippen LogP contribution is 2.52. The number of nitrogens with zero attached hydrogens (tertiary/aromatic N) is 3. The van der Waals surface area contributed by atoms with E-state index >= 15 is 0 Å². The van der Waals surface area contributed by atoms with E-state index in [-0.39, 0.29) is 0 Å². The number of nitriles is 1. The molecule has 0 saturated carbocycles. The van der Waals surface area contributed by atoms with Crippen molar-refractivity contribution < 1.29 is 0 Å². The van der Waals surface area contributed by atoms with Crippen LogP contribution in [0.2, 0.25) is 0 Å². The molecule has 3 heteroatoms. The minimum absolute atomic E-state index is 0.595. The van der Waals surface area contributed by atoms with Gasteiger partial charge in [-0.3, -0.25) is 0 Å². The van der Waals surface area contributed by atoms with Gasteiger partial charge in [0.05, 0.1) is 34.8 Å². The van der Waals surface area contributed by atoms with Gasteiger partial charge >= 0.3 is 0 Å². The molecule has 7 aromatic carbocycles. The Kier molecular flexibility index (Phi) is 5.94. The molecule has 216 valence electrons. The summed E-state index contributed by atoms with van der Waals surface area (Å²) in [6.07, 6.45) is 0. The molecular formula is C44H25N3. The molecule has 2 aromatic heterocycles. The van der Waals surface area contributed by atoms with Gasteiger partial charge in [0.2, 0.25) is 0 Å². The number of fused-ring (bicyclic) bond motifs is 6. The molecule has 3 nitrogen and oxygen atoms in total. The van der Waals surface area contributed by atoms with E-state index in [1.165, 1.54) is 0 Å². The summed E-state index contributed by atoms with van der Waals surface area (Å²) in [5, 5.41) is 15.2. The van der Waals surface area contributed by atoms with E-state index in [2.05, 4.69) is 106 Å². The molecule has 47 heavy (non-hydrogen) atoms. The second-order valence-corrected chi connectivity index (χ2v) is 11.8. The SMILES string of the molecule is [C-]#[N+]c1cc(-c2ccccc2)c2c3cccc4c5c(-c6ccccc6)cc(C#N)c(-c6ccccc6)c5n(c2c1-c1ccccc1)c43. The first-order valence-corrected chi connectivity index (χ1v) is 15.6. The largest absolute Gasteiger partial charge is 0.308 e. The second-order valence-electron chi connectivity index (χ2n) is 11.8. The van der Waals surface area contributed by atoms with Gasteiger partial charge in [-0.05, 0) is 45.5 Å². The van der Waals surface area contributed by atoms with Crippen molar-refractivity contribution >= 4 is 43.8 Å². The van der Waals surface area contributed by atoms with Crippen LogP contribution in [-0.2, 0) is 0 Å². The van der Waals surface area contributed by atoms with Crippen molar-refractivity contribution in [3.63, 3.8) is 0 Å². The molecule has 2 heterocycles. The van der Waals surface area contributed by atoms with Gasteiger partial charge < -0.3 is 4.40 Å². The number of aromatic nitrogens is 1. The van der Waals surface area contributed by atoms with Crippen LogP contribution < -0.4 is 0 Å². The Bertz CT molecular complexity index is 2530. The summed E-state index contributed by atoms with van der Waals surface area (Å²) in [5.41, 5.74) is 12.2. The van der Waals surface area contributed by atoms with Crippen molar-refractivity contribution in [2.24, 2.45) is 0 Å². The molecule has 0 fully saturated rings. The van der Waals surface area contributed by atoms with Crippen molar-refractivity contribution in [3.05, 3.63) is 169 Å². The Morgan fingerprint density at radius 3 is 1.43 bits per heavy atom. The van der Waals surface area contributed by atoms with Crippen LogP contribution >= 0.6 is 0 Å². The molecule has 0 radical (unpaired) electrons. The highest BCUT2D eigenvalue weighted by atomic mass is 14.9. The van der Waals surface area contributed by atoms with Crippen LogP contribution in [0.3, 0.4) is 0 Å². The number of rotatable bonds is 4. The zero-order chi connectivity index (χ0) is 31.5. The predicted octanol–water partition coefficient (Wildman–Crippen LogP) is 11.9. The third kappa shape index (κ3) is 3.85. The highest BCUT2D eigenvalue weighted by Gasteiger charge is 2.28. The normalized spacial score (nSPS) is 11.4. The zero-order valence-corrected chi connectivity index (χ0v) is 25.3. The standard InChI is InChI=1S/C44H25N3/c1-46-37-26-36(29-17-8-3-9-18-29)41-34-24-14-23-33-40-35(28-15-6-2-7-16-28)25-32(27-45)38(30-19-10-4-11-20-30)43(40)47(42(33)34)44(41)39(37)31-21-12-5-13-22-31/h2-26H. The van der Waals surface area contributed by atoms with Crippen molar-refractivity contribution in [3.8, 4) is 50.6 Å². The summed E-state index contributed by atoms with van der Waals surface area (Å²) in [6.45, 7) is 8.45. The lowest BCUT2D eigenvalue weighted by Gasteiger charge is -2.16. The highest BCUT2D eigenvalue weighted by molar-refractivity contribution is 6.32. The summed E-state index contributed by atoms with van der Waals surface area (Å²) in [7, 11) is 0. The molecule has 0 amide bonds. The average Bonchev–Trinajstić information content (AvgIpc) is 3.68. The lowest BCUT2D eigenvalue weighted by molar-refractivity contribution is 1.36. The molecule has 0 unspecified atom stereocenters. The fraction of sp³-hybridized carbons (Fsp3) is 0. The summed E-state index contributed by atoms with van der Waals surface area (Å²) < 4.78 is 2.37. The van der Waals surface area contributed by atoms with Crippen LogP contribution in [0.15, 0.2) is 152 Å². The first-order chi connectivity index (χ1) is 23.3. The summed E-state index contributed by atoms with van der Waals surface area (Å²) in [4.78, 5) is 4.17. The molecule has 0 bridgehead atoms. The number of benzene rings is 7. The summed E-state index contributed by atoms with van der Waals surface area (Å²) >= 11 is 0. The van der Waals surface area contributed by atoms with Crippen LogP contribution in [0.1, 0.15) is 5.56 Å². The molecule has 9 rings (SSSR count).